The smallest absolute Gasteiger partial charge is 0.243 e. The number of nitrogens with one attached hydrogen (secondary N) is 1. The Labute approximate surface area is 179 Å². The number of methoxy groups -OCH3 is 1. The van der Waals surface area contributed by atoms with E-state index in [9.17, 15) is 13.2 Å². The number of hydrogen-bond donors (Lipinski definition) is 1. The Hall–Kier alpha value is -2.38. The summed E-state index contributed by atoms with van der Waals surface area (Å²) in [6, 6.07) is 12.3. The number of amides is 1. The van der Waals surface area contributed by atoms with Gasteiger partial charge in [-0.2, -0.15) is 4.31 Å². The molecule has 7 heteroatoms. The van der Waals surface area contributed by atoms with Crippen molar-refractivity contribution in [1.82, 2.24) is 9.62 Å². The zero-order chi connectivity index (χ0) is 21.7. The highest BCUT2D eigenvalue weighted by Gasteiger charge is 2.25. The van der Waals surface area contributed by atoms with Crippen LogP contribution in [0.15, 0.2) is 47.4 Å². The molecular formula is C23H30N2O4S. The van der Waals surface area contributed by atoms with Gasteiger partial charge in [0.15, 0.2) is 0 Å². The van der Waals surface area contributed by atoms with Gasteiger partial charge in [0.25, 0.3) is 0 Å². The van der Waals surface area contributed by atoms with E-state index in [4.69, 9.17) is 4.74 Å². The van der Waals surface area contributed by atoms with Crippen molar-refractivity contribution < 1.29 is 17.9 Å². The van der Waals surface area contributed by atoms with Gasteiger partial charge in [-0.3, -0.25) is 4.79 Å². The lowest BCUT2D eigenvalue weighted by atomic mass is 10.0. The third-order valence-electron chi connectivity index (χ3n) is 5.47. The third kappa shape index (κ3) is 5.21. The lowest BCUT2D eigenvalue weighted by molar-refractivity contribution is -0.121. The van der Waals surface area contributed by atoms with Crippen molar-refractivity contribution in [2.45, 2.75) is 50.5 Å². The Balaban J connectivity index is 1.64. The largest absolute Gasteiger partial charge is 0.496 e. The zero-order valence-electron chi connectivity index (χ0n) is 17.8. The number of carbonyl (C=O) groups excluding carboxylic acids is 1. The van der Waals surface area contributed by atoms with Gasteiger partial charge in [0.1, 0.15) is 5.75 Å². The molecule has 2 aromatic carbocycles. The highest BCUT2D eigenvalue weighted by molar-refractivity contribution is 7.89. The summed E-state index contributed by atoms with van der Waals surface area (Å²) in [7, 11) is -1.84. The van der Waals surface area contributed by atoms with Gasteiger partial charge in [0.05, 0.1) is 24.5 Å². The molecule has 162 valence electrons. The number of aryl methyl sites for hydroxylation is 1. The molecule has 30 heavy (non-hydrogen) atoms. The first-order chi connectivity index (χ1) is 14.3. The van der Waals surface area contributed by atoms with E-state index in [1.165, 1.54) is 0 Å². The summed E-state index contributed by atoms with van der Waals surface area (Å²) in [6.07, 6.45) is 3.07. The molecular weight excluding hydrogens is 400 g/mol. The molecule has 1 fully saturated rings. The maximum atomic E-state index is 12.7. The maximum absolute atomic E-state index is 12.7. The van der Waals surface area contributed by atoms with Crippen LogP contribution in [0.2, 0.25) is 0 Å². The van der Waals surface area contributed by atoms with Crippen molar-refractivity contribution in [3.8, 4) is 5.75 Å². The van der Waals surface area contributed by atoms with Crippen molar-refractivity contribution in [3.63, 3.8) is 0 Å². The van der Waals surface area contributed by atoms with Crippen molar-refractivity contribution in [3.05, 3.63) is 59.2 Å². The number of hydrogen-bond acceptors (Lipinski definition) is 4. The summed E-state index contributed by atoms with van der Waals surface area (Å²) in [5.41, 5.74) is 2.79. The average Bonchev–Trinajstić information content (AvgIpc) is 2.74. The van der Waals surface area contributed by atoms with Crippen LogP contribution in [-0.2, 0) is 21.2 Å². The molecule has 1 saturated heterocycles. The fourth-order valence-corrected chi connectivity index (χ4v) is 5.30. The first kappa shape index (κ1) is 22.3. The van der Waals surface area contributed by atoms with E-state index < -0.39 is 10.0 Å². The van der Waals surface area contributed by atoms with E-state index in [1.54, 1.807) is 35.7 Å². The molecule has 1 heterocycles. The Morgan fingerprint density at radius 2 is 1.77 bits per heavy atom. The average molecular weight is 431 g/mol. The summed E-state index contributed by atoms with van der Waals surface area (Å²) < 4.78 is 32.4. The molecule has 0 spiro atoms. The van der Waals surface area contributed by atoms with Crippen molar-refractivity contribution in [2.75, 3.05) is 20.2 Å². The van der Waals surface area contributed by atoms with Crippen LogP contribution in [0.1, 0.15) is 48.9 Å². The van der Waals surface area contributed by atoms with E-state index in [-0.39, 0.29) is 23.3 Å². The minimum absolute atomic E-state index is 0.127. The molecule has 1 N–H and O–H groups in total. The van der Waals surface area contributed by atoms with Crippen molar-refractivity contribution >= 4 is 15.9 Å². The van der Waals surface area contributed by atoms with E-state index in [0.29, 0.717) is 13.1 Å². The van der Waals surface area contributed by atoms with Gasteiger partial charge in [-0.15, -0.1) is 0 Å². The molecule has 2 aromatic rings. The number of benzene rings is 2. The molecule has 0 radical (unpaired) electrons. The van der Waals surface area contributed by atoms with E-state index in [1.807, 2.05) is 32.0 Å². The predicted molar refractivity (Wildman–Crippen MR) is 117 cm³/mol. The number of rotatable bonds is 7. The zero-order valence-corrected chi connectivity index (χ0v) is 18.7. The van der Waals surface area contributed by atoms with Crippen molar-refractivity contribution in [1.29, 1.82) is 0 Å². The topological polar surface area (TPSA) is 75.7 Å². The third-order valence-corrected chi connectivity index (χ3v) is 7.38. The number of carbonyl (C=O) groups is 1. The number of nitrogens with zero attached hydrogens (tertiary/aromatic N) is 1. The molecule has 6 nitrogen and oxygen atoms in total. The minimum atomic E-state index is -3.46. The van der Waals surface area contributed by atoms with Gasteiger partial charge in [0.2, 0.25) is 15.9 Å². The Morgan fingerprint density at radius 1 is 1.10 bits per heavy atom. The molecule has 1 amide bonds. The van der Waals surface area contributed by atoms with E-state index in [0.717, 1.165) is 41.7 Å². The number of piperidine rings is 1. The first-order valence-corrected chi connectivity index (χ1v) is 11.8. The SMILES string of the molecule is COc1ccc(C)cc1C(C)NC(=O)Cc1ccc(S(=O)(=O)N2CCCCC2)cc1. The fraction of sp³-hybridized carbons (Fsp3) is 0.435. The monoisotopic (exact) mass is 430 g/mol. The summed E-state index contributed by atoms with van der Waals surface area (Å²) in [5, 5.41) is 3.00. The molecule has 1 atom stereocenters. The van der Waals surface area contributed by atoms with Crippen LogP contribution >= 0.6 is 0 Å². The molecule has 0 saturated carbocycles. The first-order valence-electron chi connectivity index (χ1n) is 10.3. The molecule has 0 bridgehead atoms. The Kier molecular flexibility index (Phi) is 7.15. The summed E-state index contributed by atoms with van der Waals surface area (Å²) in [6.45, 7) is 5.07. The van der Waals surface area contributed by atoms with Crippen LogP contribution in [0.5, 0.6) is 5.75 Å². The Bertz CT molecular complexity index is 981. The maximum Gasteiger partial charge on any atom is 0.243 e. The van der Waals surface area contributed by atoms with Crippen LogP contribution in [-0.4, -0.2) is 38.8 Å². The predicted octanol–water partition coefficient (Wildman–Crippen LogP) is 3.60. The molecule has 0 aromatic heterocycles. The van der Waals surface area contributed by atoms with Gasteiger partial charge in [-0.1, -0.05) is 36.2 Å². The molecule has 3 rings (SSSR count). The van der Waals surface area contributed by atoms with Gasteiger partial charge >= 0.3 is 0 Å². The van der Waals surface area contributed by atoms with Crippen LogP contribution in [0.4, 0.5) is 0 Å². The highest BCUT2D eigenvalue weighted by Crippen LogP contribution is 2.26. The lowest BCUT2D eigenvalue weighted by Gasteiger charge is -2.25. The van der Waals surface area contributed by atoms with Gasteiger partial charge in [0, 0.05) is 18.7 Å². The normalized spacial score (nSPS) is 16.1. The fourth-order valence-electron chi connectivity index (χ4n) is 3.78. The van der Waals surface area contributed by atoms with Crippen LogP contribution in [0.3, 0.4) is 0 Å². The molecule has 1 aliphatic heterocycles. The van der Waals surface area contributed by atoms with Gasteiger partial charge in [-0.05, 0) is 50.5 Å². The second-order valence-corrected chi connectivity index (χ2v) is 9.76. The Morgan fingerprint density at radius 3 is 2.40 bits per heavy atom. The van der Waals surface area contributed by atoms with Crippen molar-refractivity contribution in [2.24, 2.45) is 0 Å². The number of ether oxygens (including phenoxy) is 1. The molecule has 1 unspecified atom stereocenters. The summed E-state index contributed by atoms with van der Waals surface area (Å²) in [5.74, 6) is 0.610. The highest BCUT2D eigenvalue weighted by atomic mass is 32.2. The van der Waals surface area contributed by atoms with Crippen LogP contribution in [0, 0.1) is 6.92 Å². The number of sulfonamides is 1. The molecule has 1 aliphatic rings. The van der Waals surface area contributed by atoms with Crippen LogP contribution < -0.4 is 10.1 Å². The van der Waals surface area contributed by atoms with Crippen LogP contribution in [0.25, 0.3) is 0 Å². The standard InChI is InChI=1S/C23H30N2O4S/c1-17-7-12-22(29-3)21(15-17)18(2)24-23(26)16-19-8-10-20(11-9-19)30(27,28)25-13-5-4-6-14-25/h7-12,15,18H,4-6,13-14,16H2,1-3H3,(H,24,26). The summed E-state index contributed by atoms with van der Waals surface area (Å²) in [4.78, 5) is 12.8. The van der Waals surface area contributed by atoms with Gasteiger partial charge < -0.3 is 10.1 Å². The molecule has 0 aliphatic carbocycles. The van der Waals surface area contributed by atoms with Gasteiger partial charge in [-0.25, -0.2) is 8.42 Å². The second kappa shape index (κ2) is 9.62. The second-order valence-electron chi connectivity index (χ2n) is 7.82. The van der Waals surface area contributed by atoms with E-state index >= 15 is 0 Å². The summed E-state index contributed by atoms with van der Waals surface area (Å²) >= 11 is 0. The lowest BCUT2D eigenvalue weighted by Crippen LogP contribution is -2.35. The minimum Gasteiger partial charge on any atom is -0.496 e. The van der Waals surface area contributed by atoms with E-state index in [2.05, 4.69) is 5.32 Å². The quantitative estimate of drug-likeness (QED) is 0.728.